The molecular formula is C19H17FN2O2S. The largest absolute Gasteiger partial charge is 0.411 e. The molecule has 0 saturated heterocycles. The van der Waals surface area contributed by atoms with Gasteiger partial charge in [-0.15, -0.1) is 10.2 Å². The Balaban J connectivity index is 1.71. The summed E-state index contributed by atoms with van der Waals surface area (Å²) in [5.41, 5.74) is 2.07. The number of thioether (sulfide) groups is 1. The Morgan fingerprint density at radius 3 is 2.56 bits per heavy atom. The number of carbonyl (C=O) groups is 1. The summed E-state index contributed by atoms with van der Waals surface area (Å²) < 4.78 is 19.3. The van der Waals surface area contributed by atoms with Crippen molar-refractivity contribution in [3.8, 4) is 11.5 Å². The minimum absolute atomic E-state index is 0.0155. The van der Waals surface area contributed by atoms with Gasteiger partial charge in [-0.1, -0.05) is 55.1 Å². The number of halogens is 1. The van der Waals surface area contributed by atoms with E-state index in [1.54, 1.807) is 25.1 Å². The highest BCUT2D eigenvalue weighted by Crippen LogP contribution is 2.28. The lowest BCUT2D eigenvalue weighted by Gasteiger charge is -2.08. The van der Waals surface area contributed by atoms with E-state index in [0.717, 1.165) is 6.42 Å². The van der Waals surface area contributed by atoms with Crippen molar-refractivity contribution in [1.29, 1.82) is 0 Å². The van der Waals surface area contributed by atoms with Crippen molar-refractivity contribution in [3.63, 3.8) is 0 Å². The molecule has 0 spiro atoms. The van der Waals surface area contributed by atoms with E-state index in [0.29, 0.717) is 5.56 Å². The summed E-state index contributed by atoms with van der Waals surface area (Å²) in [7, 11) is 0. The molecule has 0 unspecified atom stereocenters. The van der Waals surface area contributed by atoms with Crippen LogP contribution in [0.25, 0.3) is 11.5 Å². The first-order chi connectivity index (χ1) is 12.1. The van der Waals surface area contributed by atoms with E-state index in [1.807, 2.05) is 24.3 Å². The molecule has 3 rings (SSSR count). The summed E-state index contributed by atoms with van der Waals surface area (Å²) in [5, 5.41) is 7.62. The molecule has 1 aromatic heterocycles. The van der Waals surface area contributed by atoms with Gasteiger partial charge in [0.05, 0.1) is 10.8 Å². The van der Waals surface area contributed by atoms with Crippen molar-refractivity contribution in [2.45, 2.75) is 30.7 Å². The van der Waals surface area contributed by atoms with E-state index < -0.39 is 5.82 Å². The predicted octanol–water partition coefficient (Wildman–Crippen LogP) is 4.80. The second-order valence-electron chi connectivity index (χ2n) is 5.53. The maximum Gasteiger partial charge on any atom is 0.277 e. The third-order valence-electron chi connectivity index (χ3n) is 3.80. The molecule has 0 aliphatic heterocycles. The molecule has 0 aliphatic carbocycles. The van der Waals surface area contributed by atoms with E-state index >= 15 is 0 Å². The number of Topliss-reactive ketones (excluding diaryl/α,β-unsaturated/α-hetero) is 1. The van der Waals surface area contributed by atoms with Crippen LogP contribution in [-0.4, -0.2) is 21.2 Å². The number of aromatic nitrogens is 2. The summed E-state index contributed by atoms with van der Waals surface area (Å²) in [5.74, 6) is -0.339. The van der Waals surface area contributed by atoms with Crippen LogP contribution < -0.4 is 0 Å². The molecule has 128 valence electrons. The molecule has 4 nitrogen and oxygen atoms in total. The Labute approximate surface area is 149 Å². The van der Waals surface area contributed by atoms with Crippen LogP contribution >= 0.6 is 11.8 Å². The zero-order valence-electron chi connectivity index (χ0n) is 13.9. The van der Waals surface area contributed by atoms with Crippen molar-refractivity contribution in [2.75, 3.05) is 0 Å². The van der Waals surface area contributed by atoms with E-state index in [4.69, 9.17) is 4.42 Å². The van der Waals surface area contributed by atoms with Crippen LogP contribution in [0.5, 0.6) is 0 Å². The van der Waals surface area contributed by atoms with Crippen LogP contribution in [0.4, 0.5) is 4.39 Å². The topological polar surface area (TPSA) is 56.0 Å². The third-order valence-corrected chi connectivity index (χ3v) is 4.74. The minimum atomic E-state index is -0.428. The van der Waals surface area contributed by atoms with Crippen LogP contribution in [0.1, 0.15) is 29.8 Å². The van der Waals surface area contributed by atoms with E-state index in [1.165, 1.54) is 23.4 Å². The molecule has 25 heavy (non-hydrogen) atoms. The van der Waals surface area contributed by atoms with Gasteiger partial charge in [-0.2, -0.15) is 0 Å². The third kappa shape index (κ3) is 3.96. The van der Waals surface area contributed by atoms with E-state index in [2.05, 4.69) is 17.1 Å². The number of rotatable bonds is 6. The van der Waals surface area contributed by atoms with Gasteiger partial charge in [-0.3, -0.25) is 4.79 Å². The maximum absolute atomic E-state index is 13.8. The molecule has 0 saturated carbocycles. The summed E-state index contributed by atoms with van der Waals surface area (Å²) in [6.07, 6.45) is 0.930. The standard InChI is InChI=1S/C19H17FN2O2S/c1-3-13-8-10-14(11-9-13)17(23)12(2)25-19-22-21-18(24-19)15-6-4-5-7-16(15)20/h4-12H,3H2,1-2H3/t12-/m0/s1. The van der Waals surface area contributed by atoms with Gasteiger partial charge in [-0.25, -0.2) is 4.39 Å². The lowest BCUT2D eigenvalue weighted by atomic mass is 10.1. The average Bonchev–Trinajstić information content (AvgIpc) is 3.09. The number of aryl methyl sites for hydroxylation is 1. The molecule has 2 aromatic carbocycles. The summed E-state index contributed by atoms with van der Waals surface area (Å²) >= 11 is 1.17. The van der Waals surface area contributed by atoms with E-state index in [-0.39, 0.29) is 27.7 Å². The molecule has 6 heteroatoms. The number of carbonyl (C=O) groups excluding carboxylic acids is 1. The highest BCUT2D eigenvalue weighted by molar-refractivity contribution is 8.00. The van der Waals surface area contributed by atoms with E-state index in [9.17, 15) is 9.18 Å². The first kappa shape index (κ1) is 17.4. The molecule has 0 bridgehead atoms. The van der Waals surface area contributed by atoms with Crippen molar-refractivity contribution in [2.24, 2.45) is 0 Å². The van der Waals surface area contributed by atoms with Gasteiger partial charge in [0.1, 0.15) is 5.82 Å². The molecular weight excluding hydrogens is 339 g/mol. The fraction of sp³-hybridized carbons (Fsp3) is 0.211. The van der Waals surface area contributed by atoms with Gasteiger partial charge >= 0.3 is 0 Å². The Kier molecular flexibility index (Phi) is 5.28. The Morgan fingerprint density at radius 1 is 1.16 bits per heavy atom. The molecule has 1 atom stereocenters. The summed E-state index contributed by atoms with van der Waals surface area (Å²) in [6.45, 7) is 3.85. The predicted molar refractivity (Wildman–Crippen MR) is 95.2 cm³/mol. The number of hydrogen-bond acceptors (Lipinski definition) is 5. The van der Waals surface area contributed by atoms with Gasteiger partial charge < -0.3 is 4.42 Å². The fourth-order valence-corrected chi connectivity index (χ4v) is 3.11. The van der Waals surface area contributed by atoms with Gasteiger partial charge in [-0.05, 0) is 31.0 Å². The van der Waals surface area contributed by atoms with Crippen LogP contribution in [-0.2, 0) is 6.42 Å². The minimum Gasteiger partial charge on any atom is -0.411 e. The van der Waals surface area contributed by atoms with Gasteiger partial charge in [0.2, 0.25) is 0 Å². The fourth-order valence-electron chi connectivity index (χ4n) is 2.35. The highest BCUT2D eigenvalue weighted by atomic mass is 32.2. The zero-order valence-corrected chi connectivity index (χ0v) is 14.7. The lowest BCUT2D eigenvalue weighted by molar-refractivity contribution is 0.0993. The summed E-state index contributed by atoms with van der Waals surface area (Å²) in [6, 6.07) is 13.8. The molecule has 0 aliphatic rings. The molecule has 0 amide bonds. The van der Waals surface area contributed by atoms with Crippen molar-refractivity contribution in [3.05, 3.63) is 65.5 Å². The number of benzene rings is 2. The van der Waals surface area contributed by atoms with Crippen molar-refractivity contribution < 1.29 is 13.6 Å². The Bertz CT molecular complexity index is 877. The van der Waals surface area contributed by atoms with Gasteiger partial charge in [0.15, 0.2) is 5.78 Å². The molecule has 0 fully saturated rings. The van der Waals surface area contributed by atoms with Crippen LogP contribution in [0.2, 0.25) is 0 Å². The zero-order chi connectivity index (χ0) is 17.8. The number of nitrogens with zero attached hydrogens (tertiary/aromatic N) is 2. The highest BCUT2D eigenvalue weighted by Gasteiger charge is 2.20. The number of ketones is 1. The Morgan fingerprint density at radius 2 is 1.88 bits per heavy atom. The number of hydrogen-bond donors (Lipinski definition) is 0. The molecule has 3 aromatic rings. The first-order valence-electron chi connectivity index (χ1n) is 7.96. The SMILES string of the molecule is CCc1ccc(C(=O)[C@H](C)Sc2nnc(-c3ccccc3F)o2)cc1. The average molecular weight is 356 g/mol. The molecule has 0 N–H and O–H groups in total. The lowest BCUT2D eigenvalue weighted by Crippen LogP contribution is -2.13. The van der Waals surface area contributed by atoms with Gasteiger partial charge in [0, 0.05) is 5.56 Å². The molecule has 1 heterocycles. The quantitative estimate of drug-likeness (QED) is 0.469. The maximum atomic E-state index is 13.8. The summed E-state index contributed by atoms with van der Waals surface area (Å²) in [4.78, 5) is 12.5. The monoisotopic (exact) mass is 356 g/mol. The first-order valence-corrected chi connectivity index (χ1v) is 8.84. The van der Waals surface area contributed by atoms with Crippen molar-refractivity contribution in [1.82, 2.24) is 10.2 Å². The second-order valence-corrected chi connectivity index (χ2v) is 6.82. The Hall–Kier alpha value is -2.47. The van der Waals surface area contributed by atoms with Crippen LogP contribution in [0, 0.1) is 5.82 Å². The van der Waals surface area contributed by atoms with Crippen LogP contribution in [0.15, 0.2) is 58.2 Å². The normalized spacial score (nSPS) is 12.1. The molecule has 0 radical (unpaired) electrons. The smallest absolute Gasteiger partial charge is 0.277 e. The van der Waals surface area contributed by atoms with Crippen LogP contribution in [0.3, 0.4) is 0 Å². The second kappa shape index (κ2) is 7.61. The van der Waals surface area contributed by atoms with Crippen molar-refractivity contribution >= 4 is 17.5 Å². The van der Waals surface area contributed by atoms with Gasteiger partial charge in [0.25, 0.3) is 11.1 Å².